The molecule has 0 amide bonds. The average molecular weight is 356 g/mol. The van der Waals surface area contributed by atoms with Crippen molar-refractivity contribution in [3.63, 3.8) is 0 Å². The fraction of sp³-hybridized carbons (Fsp3) is 0.125. The molecule has 0 atom stereocenters. The largest absolute Gasteiger partial charge is 0.456 e. The van der Waals surface area contributed by atoms with E-state index in [1.165, 1.54) is 0 Å². The zero-order valence-electron chi connectivity index (χ0n) is 15.1. The fourth-order valence-electron chi connectivity index (χ4n) is 3.51. The van der Waals surface area contributed by atoms with Crippen LogP contribution in [0.4, 0.5) is 0 Å². The number of ether oxygens (including phenoxy) is 2. The molecule has 1 aliphatic rings. The number of carbonyl (C=O) groups is 1. The number of esters is 1. The van der Waals surface area contributed by atoms with E-state index in [2.05, 4.69) is 6.58 Å². The maximum absolute atomic E-state index is 12.7. The Morgan fingerprint density at radius 1 is 0.889 bits per heavy atom. The fourth-order valence-corrected chi connectivity index (χ4v) is 3.51. The maximum atomic E-state index is 12.7. The van der Waals surface area contributed by atoms with E-state index in [4.69, 9.17) is 9.47 Å². The van der Waals surface area contributed by atoms with E-state index in [0.717, 1.165) is 16.7 Å². The summed E-state index contributed by atoms with van der Waals surface area (Å²) >= 11 is 0. The van der Waals surface area contributed by atoms with Crippen LogP contribution in [0.2, 0.25) is 0 Å². The van der Waals surface area contributed by atoms with Crippen LogP contribution >= 0.6 is 0 Å². The molecule has 0 saturated heterocycles. The zero-order chi connectivity index (χ0) is 18.9. The minimum Gasteiger partial charge on any atom is -0.456 e. The monoisotopic (exact) mass is 356 g/mol. The van der Waals surface area contributed by atoms with Gasteiger partial charge in [-0.3, -0.25) is 0 Å². The van der Waals surface area contributed by atoms with Crippen LogP contribution in [0.5, 0.6) is 11.5 Å². The highest BCUT2D eigenvalue weighted by Gasteiger charge is 2.45. The van der Waals surface area contributed by atoms with Gasteiger partial charge in [0.25, 0.3) is 0 Å². The van der Waals surface area contributed by atoms with Gasteiger partial charge in [0, 0.05) is 23.1 Å². The number of rotatable bonds is 4. The number of carbonyl (C=O) groups excluding carboxylic acids is 1. The lowest BCUT2D eigenvalue weighted by molar-refractivity contribution is -0.152. The molecule has 0 bridgehead atoms. The van der Waals surface area contributed by atoms with E-state index in [1.54, 1.807) is 6.92 Å². The molecule has 134 valence electrons. The van der Waals surface area contributed by atoms with Gasteiger partial charge in [-0.2, -0.15) is 0 Å². The van der Waals surface area contributed by atoms with E-state index in [1.807, 2.05) is 78.9 Å². The minimum atomic E-state index is -0.983. The highest BCUT2D eigenvalue weighted by molar-refractivity contribution is 5.88. The van der Waals surface area contributed by atoms with Crippen LogP contribution in [0.1, 0.15) is 23.6 Å². The van der Waals surface area contributed by atoms with Crippen LogP contribution in [0, 0.1) is 0 Å². The SMILES string of the molecule is C=C(C)C(=O)OC1(Cc2ccccc2)c2ccccc2Oc2ccccc21. The summed E-state index contributed by atoms with van der Waals surface area (Å²) in [5.74, 6) is 0.973. The van der Waals surface area contributed by atoms with Gasteiger partial charge in [-0.05, 0) is 24.6 Å². The predicted molar refractivity (Wildman–Crippen MR) is 105 cm³/mol. The zero-order valence-corrected chi connectivity index (χ0v) is 15.1. The number of para-hydroxylation sites is 2. The summed E-state index contributed by atoms with van der Waals surface area (Å²) in [6.07, 6.45) is 0.504. The van der Waals surface area contributed by atoms with Gasteiger partial charge in [0.1, 0.15) is 11.5 Å². The molecule has 0 unspecified atom stereocenters. The Morgan fingerprint density at radius 3 is 1.96 bits per heavy atom. The summed E-state index contributed by atoms with van der Waals surface area (Å²) in [5.41, 5.74) is 2.12. The summed E-state index contributed by atoms with van der Waals surface area (Å²) in [6, 6.07) is 25.5. The summed E-state index contributed by atoms with van der Waals surface area (Å²) in [4.78, 5) is 12.7. The van der Waals surface area contributed by atoms with Gasteiger partial charge in [0.2, 0.25) is 0 Å². The van der Waals surface area contributed by atoms with Gasteiger partial charge in [-0.15, -0.1) is 0 Å². The van der Waals surface area contributed by atoms with Crippen LogP contribution in [-0.4, -0.2) is 5.97 Å². The van der Waals surface area contributed by atoms with Gasteiger partial charge < -0.3 is 9.47 Å². The van der Waals surface area contributed by atoms with E-state index in [-0.39, 0.29) is 0 Å². The van der Waals surface area contributed by atoms with Crippen LogP contribution in [0.25, 0.3) is 0 Å². The molecule has 1 aliphatic heterocycles. The lowest BCUT2D eigenvalue weighted by Crippen LogP contribution is -2.39. The number of fused-ring (bicyclic) bond motifs is 2. The first-order valence-corrected chi connectivity index (χ1v) is 8.90. The third kappa shape index (κ3) is 3.02. The second kappa shape index (κ2) is 6.76. The topological polar surface area (TPSA) is 35.5 Å². The Labute approximate surface area is 158 Å². The molecule has 0 spiro atoms. The molecule has 3 aromatic rings. The van der Waals surface area contributed by atoms with Crippen molar-refractivity contribution in [3.05, 3.63) is 108 Å². The maximum Gasteiger partial charge on any atom is 0.334 e. The second-order valence-corrected chi connectivity index (χ2v) is 6.75. The third-order valence-corrected chi connectivity index (χ3v) is 4.78. The van der Waals surface area contributed by atoms with Crippen molar-refractivity contribution in [3.8, 4) is 11.5 Å². The van der Waals surface area contributed by atoms with Crippen LogP contribution in [-0.2, 0) is 21.6 Å². The molecular weight excluding hydrogens is 336 g/mol. The van der Waals surface area contributed by atoms with E-state index in [0.29, 0.717) is 23.5 Å². The third-order valence-electron chi connectivity index (χ3n) is 4.78. The average Bonchev–Trinajstić information content (AvgIpc) is 2.69. The molecule has 0 aliphatic carbocycles. The van der Waals surface area contributed by atoms with Crippen molar-refractivity contribution in [1.29, 1.82) is 0 Å². The van der Waals surface area contributed by atoms with Crippen LogP contribution < -0.4 is 4.74 Å². The molecule has 0 fully saturated rings. The highest BCUT2D eigenvalue weighted by atomic mass is 16.6. The van der Waals surface area contributed by atoms with Crippen LogP contribution in [0.15, 0.2) is 91.0 Å². The van der Waals surface area contributed by atoms with Gasteiger partial charge in [0.15, 0.2) is 5.60 Å². The van der Waals surface area contributed by atoms with Crippen molar-refractivity contribution >= 4 is 5.97 Å². The van der Waals surface area contributed by atoms with Crippen molar-refractivity contribution in [2.24, 2.45) is 0 Å². The molecule has 3 heteroatoms. The minimum absolute atomic E-state index is 0.365. The van der Waals surface area contributed by atoms with E-state index < -0.39 is 11.6 Å². The van der Waals surface area contributed by atoms with Crippen molar-refractivity contribution in [2.75, 3.05) is 0 Å². The molecule has 3 nitrogen and oxygen atoms in total. The predicted octanol–water partition coefficient (Wildman–Crippen LogP) is 5.40. The molecule has 3 aromatic carbocycles. The molecule has 27 heavy (non-hydrogen) atoms. The molecule has 0 N–H and O–H groups in total. The molecular formula is C24H20O3. The van der Waals surface area contributed by atoms with Crippen molar-refractivity contribution in [1.82, 2.24) is 0 Å². The molecule has 0 saturated carbocycles. The van der Waals surface area contributed by atoms with Crippen molar-refractivity contribution in [2.45, 2.75) is 18.9 Å². The summed E-state index contributed by atoms with van der Waals surface area (Å²) in [6.45, 7) is 5.43. The Morgan fingerprint density at radius 2 is 1.41 bits per heavy atom. The Bertz CT molecular complexity index is 959. The van der Waals surface area contributed by atoms with E-state index >= 15 is 0 Å². The lowest BCUT2D eigenvalue weighted by Gasteiger charge is -2.39. The van der Waals surface area contributed by atoms with Gasteiger partial charge >= 0.3 is 5.97 Å². The summed E-state index contributed by atoms with van der Waals surface area (Å²) in [7, 11) is 0. The molecule has 0 aromatic heterocycles. The number of hydrogen-bond acceptors (Lipinski definition) is 3. The number of hydrogen-bond donors (Lipinski definition) is 0. The highest BCUT2D eigenvalue weighted by Crippen LogP contribution is 2.50. The Kier molecular flexibility index (Phi) is 4.28. The quantitative estimate of drug-likeness (QED) is 0.464. The van der Waals surface area contributed by atoms with Crippen molar-refractivity contribution < 1.29 is 14.3 Å². The van der Waals surface area contributed by atoms with Gasteiger partial charge in [-0.1, -0.05) is 73.3 Å². The molecule has 0 radical (unpaired) electrons. The van der Waals surface area contributed by atoms with Crippen LogP contribution in [0.3, 0.4) is 0 Å². The Balaban J connectivity index is 1.96. The lowest BCUT2D eigenvalue weighted by atomic mass is 9.78. The summed E-state index contributed by atoms with van der Waals surface area (Å²) in [5, 5.41) is 0. The standard InChI is InChI=1S/C24H20O3/c1-17(2)23(25)27-24(16-18-10-4-3-5-11-18)19-12-6-8-14-21(19)26-22-15-9-7-13-20(22)24/h3-15H,1,16H2,2H3. The second-order valence-electron chi connectivity index (χ2n) is 6.75. The smallest absolute Gasteiger partial charge is 0.334 e. The molecule has 4 rings (SSSR count). The first-order chi connectivity index (χ1) is 13.1. The Hall–Kier alpha value is -3.33. The summed E-state index contributed by atoms with van der Waals surface area (Å²) < 4.78 is 12.3. The first-order valence-electron chi connectivity index (χ1n) is 8.90. The number of benzene rings is 3. The normalized spacial score (nSPS) is 13.7. The first kappa shape index (κ1) is 17.1. The van der Waals surface area contributed by atoms with Gasteiger partial charge in [-0.25, -0.2) is 4.79 Å². The van der Waals surface area contributed by atoms with Gasteiger partial charge in [0.05, 0.1) is 0 Å². The molecule has 1 heterocycles. The van der Waals surface area contributed by atoms with E-state index in [9.17, 15) is 4.79 Å².